The molecule has 0 aromatic heterocycles. The van der Waals surface area contributed by atoms with Crippen molar-refractivity contribution in [2.45, 2.75) is 6.92 Å². The Morgan fingerprint density at radius 3 is 2.30 bits per heavy atom. The second-order valence-corrected chi connectivity index (χ2v) is 5.64. The van der Waals surface area contributed by atoms with Crippen LogP contribution >= 0.6 is 34.8 Å². The van der Waals surface area contributed by atoms with Gasteiger partial charge >= 0.3 is 0 Å². The molecular formula is C15H15Cl3N2. The molecule has 0 spiro atoms. The molecule has 0 amide bonds. The maximum absolute atomic E-state index is 6.08. The van der Waals surface area contributed by atoms with Crippen molar-refractivity contribution in [2.24, 2.45) is 0 Å². The molecule has 0 radical (unpaired) electrons. The predicted molar refractivity (Wildman–Crippen MR) is 89.6 cm³/mol. The van der Waals surface area contributed by atoms with Gasteiger partial charge < -0.3 is 10.6 Å². The van der Waals surface area contributed by atoms with Gasteiger partial charge in [0.25, 0.3) is 0 Å². The van der Waals surface area contributed by atoms with Crippen LogP contribution in [-0.4, -0.2) is 13.1 Å². The molecule has 0 heterocycles. The van der Waals surface area contributed by atoms with Crippen molar-refractivity contribution >= 4 is 46.2 Å². The van der Waals surface area contributed by atoms with Crippen LogP contribution < -0.4 is 10.6 Å². The summed E-state index contributed by atoms with van der Waals surface area (Å²) in [7, 11) is 0. The molecule has 0 fully saturated rings. The summed E-state index contributed by atoms with van der Waals surface area (Å²) in [5.41, 5.74) is 2.93. The third-order valence-electron chi connectivity index (χ3n) is 2.95. The van der Waals surface area contributed by atoms with Crippen molar-refractivity contribution in [3.63, 3.8) is 0 Å². The van der Waals surface area contributed by atoms with Gasteiger partial charge in [-0.25, -0.2) is 0 Å². The predicted octanol–water partition coefficient (Wildman–Crippen LogP) is 5.48. The molecule has 0 aliphatic heterocycles. The first-order valence-electron chi connectivity index (χ1n) is 6.26. The van der Waals surface area contributed by atoms with E-state index in [-0.39, 0.29) is 0 Å². The van der Waals surface area contributed by atoms with Crippen LogP contribution in [0.5, 0.6) is 0 Å². The van der Waals surface area contributed by atoms with Gasteiger partial charge in [-0.05, 0) is 42.8 Å². The summed E-state index contributed by atoms with van der Waals surface area (Å²) >= 11 is 18.1. The number of hydrogen-bond acceptors (Lipinski definition) is 2. The van der Waals surface area contributed by atoms with E-state index in [1.54, 1.807) is 12.1 Å². The number of hydrogen-bond donors (Lipinski definition) is 2. The van der Waals surface area contributed by atoms with E-state index in [2.05, 4.69) is 10.6 Å². The standard InChI is InChI=1S/C15H15Cl3N2/c1-10-12(17)3-2-4-14(10)19-7-8-20-15-9-11(16)5-6-13(15)18/h2-6,9,19-20H,7-8H2,1H3. The Labute approximate surface area is 134 Å². The van der Waals surface area contributed by atoms with Crippen LogP contribution in [0.3, 0.4) is 0 Å². The maximum Gasteiger partial charge on any atom is 0.0638 e. The zero-order chi connectivity index (χ0) is 14.5. The van der Waals surface area contributed by atoms with Crippen molar-refractivity contribution < 1.29 is 0 Å². The van der Waals surface area contributed by atoms with Gasteiger partial charge in [0.15, 0.2) is 0 Å². The van der Waals surface area contributed by atoms with E-state index in [1.807, 2.05) is 31.2 Å². The quantitative estimate of drug-likeness (QED) is 0.710. The number of halogens is 3. The van der Waals surface area contributed by atoms with Crippen LogP contribution in [-0.2, 0) is 0 Å². The molecule has 0 bridgehead atoms. The van der Waals surface area contributed by atoms with E-state index in [4.69, 9.17) is 34.8 Å². The van der Waals surface area contributed by atoms with Crippen molar-refractivity contribution in [1.29, 1.82) is 0 Å². The lowest BCUT2D eigenvalue weighted by Crippen LogP contribution is -2.14. The number of nitrogens with one attached hydrogen (secondary N) is 2. The first-order valence-corrected chi connectivity index (χ1v) is 7.39. The SMILES string of the molecule is Cc1c(Cl)cccc1NCCNc1cc(Cl)ccc1Cl. The minimum Gasteiger partial charge on any atom is -0.383 e. The van der Waals surface area contributed by atoms with E-state index < -0.39 is 0 Å². The molecule has 20 heavy (non-hydrogen) atoms. The fraction of sp³-hybridized carbons (Fsp3) is 0.200. The molecule has 0 saturated heterocycles. The van der Waals surface area contributed by atoms with Crippen LogP contribution in [0.2, 0.25) is 15.1 Å². The first-order chi connectivity index (χ1) is 9.58. The second-order valence-electron chi connectivity index (χ2n) is 4.39. The van der Waals surface area contributed by atoms with Gasteiger partial charge in [0.05, 0.1) is 10.7 Å². The summed E-state index contributed by atoms with van der Waals surface area (Å²) in [4.78, 5) is 0. The Hall–Kier alpha value is -1.09. The van der Waals surface area contributed by atoms with Crippen LogP contribution in [0, 0.1) is 6.92 Å². The average Bonchev–Trinajstić information content (AvgIpc) is 2.43. The lowest BCUT2D eigenvalue weighted by atomic mass is 10.2. The Kier molecular flexibility index (Phi) is 5.41. The minimum atomic E-state index is 0.660. The van der Waals surface area contributed by atoms with Crippen molar-refractivity contribution in [3.05, 3.63) is 57.0 Å². The summed E-state index contributed by atoms with van der Waals surface area (Å²) < 4.78 is 0. The summed E-state index contributed by atoms with van der Waals surface area (Å²) in [5, 5.41) is 8.67. The molecular weight excluding hydrogens is 315 g/mol. The minimum absolute atomic E-state index is 0.660. The van der Waals surface area contributed by atoms with Crippen LogP contribution in [0.4, 0.5) is 11.4 Å². The largest absolute Gasteiger partial charge is 0.383 e. The molecule has 0 saturated carbocycles. The maximum atomic E-state index is 6.08. The Morgan fingerprint density at radius 1 is 0.850 bits per heavy atom. The summed E-state index contributed by atoms with van der Waals surface area (Å²) in [5.74, 6) is 0. The molecule has 2 N–H and O–H groups in total. The fourth-order valence-corrected chi connectivity index (χ4v) is 2.36. The summed E-state index contributed by atoms with van der Waals surface area (Å²) in [6.45, 7) is 3.47. The highest BCUT2D eigenvalue weighted by atomic mass is 35.5. The Bertz CT molecular complexity index is 596. The molecule has 5 heteroatoms. The number of benzene rings is 2. The lowest BCUT2D eigenvalue weighted by molar-refractivity contribution is 1.07. The van der Waals surface area contributed by atoms with E-state index in [0.29, 0.717) is 10.0 Å². The molecule has 0 aliphatic rings. The number of rotatable bonds is 5. The molecule has 2 aromatic rings. The fourth-order valence-electron chi connectivity index (χ4n) is 1.83. The van der Waals surface area contributed by atoms with E-state index in [1.165, 1.54) is 0 Å². The molecule has 2 rings (SSSR count). The normalized spacial score (nSPS) is 10.4. The molecule has 0 atom stereocenters. The number of anilines is 2. The zero-order valence-electron chi connectivity index (χ0n) is 11.0. The van der Waals surface area contributed by atoms with Crippen molar-refractivity contribution in [2.75, 3.05) is 23.7 Å². The third-order valence-corrected chi connectivity index (χ3v) is 3.93. The monoisotopic (exact) mass is 328 g/mol. The summed E-state index contributed by atoms with van der Waals surface area (Å²) in [6.07, 6.45) is 0. The first kappa shape index (κ1) is 15.3. The van der Waals surface area contributed by atoms with Gasteiger partial charge in [0.2, 0.25) is 0 Å². The highest BCUT2D eigenvalue weighted by molar-refractivity contribution is 6.35. The smallest absolute Gasteiger partial charge is 0.0638 e. The summed E-state index contributed by atoms with van der Waals surface area (Å²) in [6, 6.07) is 11.2. The van der Waals surface area contributed by atoms with Gasteiger partial charge in [-0.2, -0.15) is 0 Å². The Balaban J connectivity index is 1.88. The second kappa shape index (κ2) is 7.07. The van der Waals surface area contributed by atoms with Crippen LogP contribution in [0.25, 0.3) is 0 Å². The highest BCUT2D eigenvalue weighted by Crippen LogP contribution is 2.25. The van der Waals surface area contributed by atoms with Gasteiger partial charge in [-0.15, -0.1) is 0 Å². The van der Waals surface area contributed by atoms with E-state index in [0.717, 1.165) is 35.1 Å². The van der Waals surface area contributed by atoms with Gasteiger partial charge in [-0.3, -0.25) is 0 Å². The van der Waals surface area contributed by atoms with E-state index in [9.17, 15) is 0 Å². The molecule has 2 aromatic carbocycles. The molecule has 106 valence electrons. The van der Waals surface area contributed by atoms with E-state index >= 15 is 0 Å². The molecule has 0 unspecified atom stereocenters. The van der Waals surface area contributed by atoms with Gasteiger partial charge in [-0.1, -0.05) is 40.9 Å². The van der Waals surface area contributed by atoms with Crippen LogP contribution in [0.15, 0.2) is 36.4 Å². The Morgan fingerprint density at radius 2 is 1.55 bits per heavy atom. The van der Waals surface area contributed by atoms with Crippen molar-refractivity contribution in [1.82, 2.24) is 0 Å². The third kappa shape index (κ3) is 3.95. The highest BCUT2D eigenvalue weighted by Gasteiger charge is 2.02. The van der Waals surface area contributed by atoms with Crippen LogP contribution in [0.1, 0.15) is 5.56 Å². The molecule has 0 aliphatic carbocycles. The lowest BCUT2D eigenvalue weighted by Gasteiger charge is -2.12. The van der Waals surface area contributed by atoms with Gasteiger partial charge in [0.1, 0.15) is 0 Å². The average molecular weight is 330 g/mol. The zero-order valence-corrected chi connectivity index (χ0v) is 13.3. The van der Waals surface area contributed by atoms with Crippen molar-refractivity contribution in [3.8, 4) is 0 Å². The van der Waals surface area contributed by atoms with Gasteiger partial charge in [0, 0.05) is 28.8 Å². The topological polar surface area (TPSA) is 24.1 Å². The molecule has 2 nitrogen and oxygen atoms in total.